The molecule has 3 heterocycles. The summed E-state index contributed by atoms with van der Waals surface area (Å²) in [6.45, 7) is 2.06. The second-order valence-electron chi connectivity index (χ2n) is 6.78. The minimum atomic E-state index is -0.631. The van der Waals surface area contributed by atoms with Crippen LogP contribution in [0.4, 0.5) is 4.39 Å². The van der Waals surface area contributed by atoms with Gasteiger partial charge in [-0.15, -0.1) is 0 Å². The smallest absolute Gasteiger partial charge is 0.259 e. The average molecular weight is 358 g/mol. The van der Waals surface area contributed by atoms with E-state index in [0.717, 1.165) is 6.07 Å². The first kappa shape index (κ1) is 16.7. The molecule has 0 saturated carbocycles. The van der Waals surface area contributed by atoms with E-state index in [1.54, 1.807) is 4.90 Å². The van der Waals surface area contributed by atoms with Crippen molar-refractivity contribution in [1.82, 2.24) is 20.5 Å². The fourth-order valence-corrected chi connectivity index (χ4v) is 3.74. The fourth-order valence-electron chi connectivity index (χ4n) is 3.74. The monoisotopic (exact) mass is 358 g/mol. The van der Waals surface area contributed by atoms with Crippen LogP contribution in [-0.2, 0) is 4.79 Å². The van der Waals surface area contributed by atoms with E-state index >= 15 is 0 Å². The van der Waals surface area contributed by atoms with Gasteiger partial charge in [-0.25, -0.2) is 4.39 Å². The molecule has 0 bridgehead atoms. The van der Waals surface area contributed by atoms with E-state index in [0.29, 0.717) is 44.5 Å². The van der Waals surface area contributed by atoms with Gasteiger partial charge < -0.3 is 20.5 Å². The maximum Gasteiger partial charge on any atom is 0.259 e. The lowest BCUT2D eigenvalue weighted by Gasteiger charge is -2.43. The van der Waals surface area contributed by atoms with Crippen molar-refractivity contribution in [2.45, 2.75) is 18.4 Å². The largest absolute Gasteiger partial charge is 0.360 e. The van der Waals surface area contributed by atoms with Crippen LogP contribution in [0, 0.1) is 5.82 Å². The number of piperidine rings is 1. The van der Waals surface area contributed by atoms with Crippen LogP contribution in [0.15, 0.2) is 29.2 Å². The van der Waals surface area contributed by atoms with Crippen molar-refractivity contribution in [3.05, 3.63) is 46.0 Å². The Hall–Kier alpha value is -2.74. The lowest BCUT2D eigenvalue weighted by molar-refractivity contribution is -0.131. The third-order valence-electron chi connectivity index (χ3n) is 5.29. The maximum absolute atomic E-state index is 13.5. The summed E-state index contributed by atoms with van der Waals surface area (Å²) in [4.78, 5) is 42.0. The highest BCUT2D eigenvalue weighted by molar-refractivity contribution is 5.97. The molecule has 2 amide bonds. The lowest BCUT2D eigenvalue weighted by Crippen LogP contribution is -2.67. The first-order chi connectivity index (χ1) is 12.5. The third kappa shape index (κ3) is 2.66. The Morgan fingerprint density at radius 1 is 1.15 bits per heavy atom. The number of halogens is 1. The number of benzene rings is 1. The normalized spacial score (nSPS) is 19.6. The van der Waals surface area contributed by atoms with Crippen LogP contribution in [0.5, 0.6) is 0 Å². The number of pyridine rings is 1. The van der Waals surface area contributed by atoms with Gasteiger partial charge in [0.1, 0.15) is 16.9 Å². The van der Waals surface area contributed by atoms with Crippen LogP contribution in [0.25, 0.3) is 10.9 Å². The molecule has 2 aliphatic rings. The van der Waals surface area contributed by atoms with Gasteiger partial charge in [-0.3, -0.25) is 14.4 Å². The molecule has 1 aromatic carbocycles. The topological polar surface area (TPSA) is 94.3 Å². The molecule has 136 valence electrons. The minimum absolute atomic E-state index is 0.0138. The molecule has 0 unspecified atom stereocenters. The molecule has 0 aliphatic carbocycles. The van der Waals surface area contributed by atoms with Gasteiger partial charge in [0.15, 0.2) is 0 Å². The van der Waals surface area contributed by atoms with E-state index in [1.807, 2.05) is 0 Å². The molecule has 4 rings (SSSR count). The molecule has 2 aliphatic heterocycles. The molecule has 0 atom stereocenters. The molecule has 2 aromatic rings. The second-order valence-corrected chi connectivity index (χ2v) is 6.78. The Kier molecular flexibility index (Phi) is 3.99. The van der Waals surface area contributed by atoms with Crippen molar-refractivity contribution < 1.29 is 14.0 Å². The van der Waals surface area contributed by atoms with E-state index in [-0.39, 0.29) is 16.9 Å². The van der Waals surface area contributed by atoms with Gasteiger partial charge in [0.05, 0.1) is 0 Å². The number of nitrogens with one attached hydrogen (secondary N) is 3. The van der Waals surface area contributed by atoms with Crippen molar-refractivity contribution in [3.63, 3.8) is 0 Å². The highest BCUT2D eigenvalue weighted by Crippen LogP contribution is 2.25. The third-order valence-corrected chi connectivity index (χ3v) is 5.29. The molecule has 0 radical (unpaired) electrons. The summed E-state index contributed by atoms with van der Waals surface area (Å²) in [5.74, 6) is -0.958. The molecule has 2 saturated heterocycles. The zero-order valence-corrected chi connectivity index (χ0v) is 14.1. The maximum atomic E-state index is 13.5. The number of amides is 2. The van der Waals surface area contributed by atoms with E-state index in [1.165, 1.54) is 18.3 Å². The first-order valence-electron chi connectivity index (χ1n) is 8.64. The highest BCUT2D eigenvalue weighted by Gasteiger charge is 2.43. The van der Waals surface area contributed by atoms with Gasteiger partial charge in [-0.1, -0.05) is 0 Å². The predicted molar refractivity (Wildman–Crippen MR) is 93.4 cm³/mol. The number of rotatable bonds is 1. The van der Waals surface area contributed by atoms with Crippen molar-refractivity contribution in [2.75, 3.05) is 26.2 Å². The zero-order chi connectivity index (χ0) is 18.3. The van der Waals surface area contributed by atoms with Crippen LogP contribution < -0.4 is 16.1 Å². The minimum Gasteiger partial charge on any atom is -0.360 e. The number of hydrogen-bond donors (Lipinski definition) is 3. The Morgan fingerprint density at radius 2 is 1.92 bits per heavy atom. The van der Waals surface area contributed by atoms with Crippen molar-refractivity contribution in [1.29, 1.82) is 0 Å². The van der Waals surface area contributed by atoms with E-state index < -0.39 is 22.7 Å². The van der Waals surface area contributed by atoms with Crippen LogP contribution in [-0.4, -0.2) is 53.4 Å². The van der Waals surface area contributed by atoms with Crippen LogP contribution in [0.1, 0.15) is 23.2 Å². The Bertz CT molecular complexity index is 947. The van der Waals surface area contributed by atoms with E-state index in [4.69, 9.17) is 0 Å². The summed E-state index contributed by atoms with van der Waals surface area (Å²) in [7, 11) is 0. The quantitative estimate of drug-likeness (QED) is 0.686. The van der Waals surface area contributed by atoms with Crippen LogP contribution in [0.2, 0.25) is 0 Å². The molecule has 2 fully saturated rings. The van der Waals surface area contributed by atoms with Gasteiger partial charge in [0.25, 0.3) is 5.91 Å². The van der Waals surface area contributed by atoms with Crippen LogP contribution >= 0.6 is 0 Å². The SMILES string of the molecule is O=C(c1c[nH]c2ccc(F)cc2c1=O)N1CCC2(CC1)NCCNC2=O. The molecule has 3 N–H and O–H groups in total. The zero-order valence-electron chi connectivity index (χ0n) is 14.1. The number of nitrogens with zero attached hydrogens (tertiary/aromatic N) is 1. The second kappa shape index (κ2) is 6.21. The number of hydrogen-bond acceptors (Lipinski definition) is 4. The number of carbonyl (C=O) groups is 2. The Morgan fingerprint density at radius 3 is 2.65 bits per heavy atom. The van der Waals surface area contributed by atoms with Crippen LogP contribution in [0.3, 0.4) is 0 Å². The lowest BCUT2D eigenvalue weighted by atomic mass is 9.85. The molecule has 26 heavy (non-hydrogen) atoms. The summed E-state index contributed by atoms with van der Waals surface area (Å²) < 4.78 is 13.5. The highest BCUT2D eigenvalue weighted by atomic mass is 19.1. The average Bonchev–Trinajstić information content (AvgIpc) is 2.65. The van der Waals surface area contributed by atoms with E-state index in [9.17, 15) is 18.8 Å². The Labute approximate surface area is 148 Å². The number of piperazine rings is 1. The van der Waals surface area contributed by atoms with E-state index in [2.05, 4.69) is 15.6 Å². The van der Waals surface area contributed by atoms with Crippen molar-refractivity contribution >= 4 is 22.7 Å². The van der Waals surface area contributed by atoms with Crippen molar-refractivity contribution in [3.8, 4) is 0 Å². The number of H-pyrrole nitrogens is 1. The number of carbonyl (C=O) groups excluding carboxylic acids is 2. The van der Waals surface area contributed by atoms with Gasteiger partial charge in [0, 0.05) is 43.3 Å². The molecule has 1 spiro atoms. The standard InChI is InChI=1S/C18H19FN4O3/c19-11-1-2-14-12(9-11)15(24)13(10-21-14)16(25)23-7-3-18(4-8-23)17(26)20-5-6-22-18/h1-2,9-10,22H,3-8H2,(H,20,26)(H,21,24). The summed E-state index contributed by atoms with van der Waals surface area (Å²) in [6, 6.07) is 3.86. The molecular formula is C18H19FN4O3. The summed E-state index contributed by atoms with van der Waals surface area (Å²) >= 11 is 0. The number of aromatic nitrogens is 1. The van der Waals surface area contributed by atoms with Crippen molar-refractivity contribution in [2.24, 2.45) is 0 Å². The number of fused-ring (bicyclic) bond motifs is 1. The summed E-state index contributed by atoms with van der Waals surface area (Å²) in [5, 5.41) is 6.27. The van der Waals surface area contributed by atoms with Gasteiger partial charge in [-0.2, -0.15) is 0 Å². The van der Waals surface area contributed by atoms with Gasteiger partial charge in [0.2, 0.25) is 11.3 Å². The summed E-state index contributed by atoms with van der Waals surface area (Å²) in [5.41, 5.74) is -0.653. The number of likely N-dealkylation sites (tertiary alicyclic amines) is 1. The first-order valence-corrected chi connectivity index (χ1v) is 8.64. The fraction of sp³-hybridized carbons (Fsp3) is 0.389. The summed E-state index contributed by atoms with van der Waals surface area (Å²) in [6.07, 6.45) is 2.36. The molecule has 1 aromatic heterocycles. The Balaban J connectivity index is 1.57. The van der Waals surface area contributed by atoms with Gasteiger partial charge >= 0.3 is 0 Å². The molecule has 7 nitrogen and oxygen atoms in total. The number of aromatic amines is 1. The molecular weight excluding hydrogens is 339 g/mol. The molecule has 8 heteroatoms. The van der Waals surface area contributed by atoms with Gasteiger partial charge in [-0.05, 0) is 31.0 Å². The predicted octanol–water partition coefficient (Wildman–Crippen LogP) is 0.361.